The molecule has 0 aliphatic carbocycles. The van der Waals surface area contributed by atoms with Gasteiger partial charge in [0.15, 0.2) is 6.21 Å². The molecule has 0 bridgehead atoms. The van der Waals surface area contributed by atoms with Crippen molar-refractivity contribution in [3.05, 3.63) is 77.0 Å². The number of hydrogen-bond acceptors (Lipinski definition) is 7. The summed E-state index contributed by atoms with van der Waals surface area (Å²) in [6.45, 7) is 5.28. The Morgan fingerprint density at radius 2 is 1.62 bits per heavy atom. The lowest BCUT2D eigenvalue weighted by Gasteiger charge is -2.26. The average Bonchev–Trinajstić information content (AvgIpc) is 2.92. The zero-order chi connectivity index (χ0) is 24.1. The fraction of sp³-hybridized carbons (Fsp3) is 0.304. The number of ether oxygens (including phenoxy) is 1. The number of fused-ring (bicyclic) bond motifs is 1. The van der Waals surface area contributed by atoms with E-state index in [0.717, 1.165) is 12.1 Å². The number of nitrogens with zero attached hydrogens (tertiary/aromatic N) is 2. The Kier molecular flexibility index (Phi) is 8.17. The molecule has 1 aliphatic heterocycles. The number of methoxy groups -OCH3 is 1. The molecule has 0 saturated carbocycles. The highest BCUT2D eigenvalue weighted by molar-refractivity contribution is 5.89. The van der Waals surface area contributed by atoms with Crippen molar-refractivity contribution in [1.29, 1.82) is 0 Å². The van der Waals surface area contributed by atoms with Crippen molar-refractivity contribution in [1.82, 2.24) is 0 Å². The van der Waals surface area contributed by atoms with Gasteiger partial charge in [0.05, 0.1) is 12.7 Å². The average molecular weight is 463 g/mol. The summed E-state index contributed by atoms with van der Waals surface area (Å²) in [5, 5.41) is 0. The third kappa shape index (κ3) is 6.62. The van der Waals surface area contributed by atoms with Crippen LogP contribution in [0, 0.1) is 10.2 Å². The van der Waals surface area contributed by atoms with Gasteiger partial charge in [0.2, 0.25) is 0 Å². The minimum absolute atomic E-state index is 0.0743. The van der Waals surface area contributed by atoms with E-state index in [-0.39, 0.29) is 11.4 Å². The molecule has 0 spiro atoms. The molecule has 9 heteroatoms. The van der Waals surface area contributed by atoms with Crippen LogP contribution in [0.1, 0.15) is 35.3 Å². The lowest BCUT2D eigenvalue weighted by atomic mass is 9.84. The normalized spacial score (nSPS) is 15.5. The highest BCUT2D eigenvalue weighted by atomic mass is 35.7. The van der Waals surface area contributed by atoms with Gasteiger partial charge in [-0.25, -0.2) is 28.0 Å². The predicted molar refractivity (Wildman–Crippen MR) is 110 cm³/mol. The van der Waals surface area contributed by atoms with Crippen LogP contribution in [-0.4, -0.2) is 38.0 Å². The van der Waals surface area contributed by atoms with Crippen LogP contribution in [0.3, 0.4) is 0 Å². The zero-order valence-corrected chi connectivity index (χ0v) is 19.5. The minimum Gasteiger partial charge on any atom is -0.465 e. The van der Waals surface area contributed by atoms with Crippen molar-refractivity contribution < 1.29 is 43.0 Å². The number of rotatable bonds is 4. The van der Waals surface area contributed by atoms with Crippen LogP contribution in [0.5, 0.6) is 0 Å². The van der Waals surface area contributed by atoms with Gasteiger partial charge in [-0.3, -0.25) is 0 Å². The topological polar surface area (TPSA) is 125 Å². The van der Waals surface area contributed by atoms with Crippen molar-refractivity contribution in [3.8, 4) is 0 Å². The molecule has 0 amide bonds. The maximum Gasteiger partial charge on any atom is 0.337 e. The molecule has 2 aromatic carbocycles. The van der Waals surface area contributed by atoms with Gasteiger partial charge in [-0.05, 0) is 29.3 Å². The first-order valence-corrected chi connectivity index (χ1v) is 11.0. The number of para-hydroxylation sites is 1. The summed E-state index contributed by atoms with van der Waals surface area (Å²) in [5.41, 5.74) is 5.46. The third-order valence-electron chi connectivity index (χ3n) is 5.05. The van der Waals surface area contributed by atoms with Crippen molar-refractivity contribution >= 4 is 17.9 Å². The largest absolute Gasteiger partial charge is 0.465 e. The molecule has 172 valence electrons. The second kappa shape index (κ2) is 10.2. The van der Waals surface area contributed by atoms with Crippen LogP contribution in [-0.2, 0) is 16.7 Å². The molecule has 8 nitrogen and oxygen atoms in total. The van der Waals surface area contributed by atoms with Gasteiger partial charge in [0, 0.05) is 29.4 Å². The lowest BCUT2D eigenvalue weighted by molar-refractivity contribution is -2.00. The molecule has 0 radical (unpaired) electrons. The summed E-state index contributed by atoms with van der Waals surface area (Å²) in [4.78, 5) is 14.0. The molecule has 0 atom stereocenters. The van der Waals surface area contributed by atoms with Crippen molar-refractivity contribution in [2.45, 2.75) is 25.8 Å². The second-order valence-electron chi connectivity index (χ2n) is 7.96. The summed E-state index contributed by atoms with van der Waals surface area (Å²) in [7, 11) is 0.516. The standard InChI is InChI=1S/C23H27N2O2.ClHO4/c1-23(2)19-8-6-7-9-20(19)25(21(23)14-15-24(3)4)16-17-10-12-18(13-11-17)22(26)27-5;2-1(3,4)5/h6-15H,16H2,1-5H3;(H,2,3,4,5)/q+1;/p-1. The maximum atomic E-state index is 11.7. The van der Waals surface area contributed by atoms with Gasteiger partial charge in [-0.2, -0.15) is 0 Å². The fourth-order valence-corrected chi connectivity index (χ4v) is 3.58. The lowest BCUT2D eigenvalue weighted by Crippen LogP contribution is -2.68. The van der Waals surface area contributed by atoms with Crippen LogP contribution < -0.4 is 23.5 Å². The number of carbonyl (C=O) groups excluding carboxylic acids is 1. The third-order valence-corrected chi connectivity index (χ3v) is 5.05. The van der Waals surface area contributed by atoms with E-state index in [2.05, 4.69) is 59.9 Å². The van der Waals surface area contributed by atoms with E-state index in [9.17, 15) is 4.79 Å². The van der Waals surface area contributed by atoms with E-state index in [4.69, 9.17) is 23.4 Å². The second-order valence-corrected chi connectivity index (χ2v) is 8.72. The van der Waals surface area contributed by atoms with Gasteiger partial charge in [-0.1, -0.05) is 44.2 Å². The quantitative estimate of drug-likeness (QED) is 0.332. The Hall–Kier alpha value is -2.75. The van der Waals surface area contributed by atoms with Crippen LogP contribution in [0.15, 0.2) is 60.3 Å². The molecule has 0 N–H and O–H groups in total. The van der Waals surface area contributed by atoms with Crippen molar-refractivity contribution in [2.75, 3.05) is 26.1 Å². The highest BCUT2D eigenvalue weighted by Gasteiger charge is 2.39. The van der Waals surface area contributed by atoms with Crippen LogP contribution in [0.25, 0.3) is 0 Å². The van der Waals surface area contributed by atoms with Gasteiger partial charge < -0.3 is 9.64 Å². The van der Waals surface area contributed by atoms with E-state index in [1.165, 1.54) is 24.1 Å². The number of esters is 1. The molecule has 0 aromatic heterocycles. The van der Waals surface area contributed by atoms with Crippen molar-refractivity contribution in [3.63, 3.8) is 0 Å². The number of anilines is 1. The van der Waals surface area contributed by atoms with Crippen LogP contribution in [0.4, 0.5) is 5.69 Å². The van der Waals surface area contributed by atoms with Gasteiger partial charge in [0.1, 0.15) is 14.1 Å². The van der Waals surface area contributed by atoms with Crippen LogP contribution in [0.2, 0.25) is 0 Å². The SMILES string of the molecule is COC(=O)c1ccc(CN2C(=CC=[N+](C)C)C(C)(C)c3ccccc32)cc1.[O-][Cl+3]([O-])([O-])[O-]. The number of benzene rings is 2. The first kappa shape index (κ1) is 25.5. The smallest absolute Gasteiger partial charge is 0.337 e. The monoisotopic (exact) mass is 462 g/mol. The fourth-order valence-electron chi connectivity index (χ4n) is 3.58. The predicted octanol–water partition coefficient (Wildman–Crippen LogP) is -0.758. The Balaban J connectivity index is 0.000000654. The molecule has 1 heterocycles. The Morgan fingerprint density at radius 3 is 2.16 bits per heavy atom. The molecule has 0 saturated heterocycles. The Bertz CT molecular complexity index is 1000. The Labute approximate surface area is 190 Å². The van der Waals surface area contributed by atoms with E-state index in [1.807, 2.05) is 38.4 Å². The summed E-state index contributed by atoms with van der Waals surface area (Å²) in [6.07, 6.45) is 4.29. The van der Waals surface area contributed by atoms with E-state index in [1.54, 1.807) is 0 Å². The summed E-state index contributed by atoms with van der Waals surface area (Å²) < 4.78 is 40.8. The van der Waals surface area contributed by atoms with E-state index in [0.29, 0.717) is 5.56 Å². The number of carbonyl (C=O) groups is 1. The first-order valence-electron chi connectivity index (χ1n) is 9.72. The van der Waals surface area contributed by atoms with E-state index >= 15 is 0 Å². The molecule has 0 unspecified atom stereocenters. The number of allylic oxidation sites excluding steroid dienone is 2. The Morgan fingerprint density at radius 1 is 1.06 bits per heavy atom. The minimum atomic E-state index is -4.94. The molecular weight excluding hydrogens is 436 g/mol. The summed E-state index contributed by atoms with van der Waals surface area (Å²) >= 11 is 0. The molecule has 0 fully saturated rings. The van der Waals surface area contributed by atoms with Gasteiger partial charge in [0.25, 0.3) is 0 Å². The maximum absolute atomic E-state index is 11.7. The number of halogens is 1. The molecule has 32 heavy (non-hydrogen) atoms. The summed E-state index contributed by atoms with van der Waals surface area (Å²) in [5.74, 6) is -0.310. The van der Waals surface area contributed by atoms with E-state index < -0.39 is 10.2 Å². The molecule has 3 rings (SSSR count). The summed E-state index contributed by atoms with van der Waals surface area (Å²) in [6, 6.07) is 16.2. The van der Waals surface area contributed by atoms with Gasteiger partial charge in [-0.15, -0.1) is 10.2 Å². The first-order chi connectivity index (χ1) is 14.8. The van der Waals surface area contributed by atoms with Crippen molar-refractivity contribution in [2.24, 2.45) is 0 Å². The highest BCUT2D eigenvalue weighted by Crippen LogP contribution is 2.47. The molecule has 1 aliphatic rings. The number of hydrogen-bond donors (Lipinski definition) is 0. The van der Waals surface area contributed by atoms with Crippen LogP contribution >= 0.6 is 0 Å². The zero-order valence-electron chi connectivity index (χ0n) is 18.7. The van der Waals surface area contributed by atoms with Gasteiger partial charge >= 0.3 is 5.97 Å². The molecular formula is C23H27ClN2O6. The molecule has 2 aromatic rings.